The highest BCUT2D eigenvalue weighted by atomic mass is 16.7. The number of likely N-dealkylation sites (N-methyl/N-ethyl adjacent to an activating group) is 1. The second-order valence-electron chi connectivity index (χ2n) is 25.7. The second kappa shape index (κ2) is 36.6. The van der Waals surface area contributed by atoms with E-state index in [9.17, 15) is 96.4 Å². The Kier molecular flexibility index (Phi) is 30.8. The number of allylic oxidation sites excluding steroid dienone is 12. The number of fused-ring (bicyclic) bond motifs is 2. The van der Waals surface area contributed by atoms with Gasteiger partial charge in [-0.05, 0) is 40.2 Å². The zero-order valence-corrected chi connectivity index (χ0v) is 53.4. The Labute approximate surface area is 542 Å². The van der Waals surface area contributed by atoms with Gasteiger partial charge in [-0.15, -0.1) is 0 Å². The van der Waals surface area contributed by atoms with Gasteiger partial charge in [0, 0.05) is 63.7 Å². The van der Waals surface area contributed by atoms with Crippen LogP contribution in [-0.2, 0) is 42.7 Å². The molecule has 28 atom stereocenters. The van der Waals surface area contributed by atoms with Gasteiger partial charge in [0.05, 0.1) is 105 Å². The van der Waals surface area contributed by atoms with Crippen molar-refractivity contribution in [2.75, 3.05) is 53.0 Å². The lowest BCUT2D eigenvalue weighted by Gasteiger charge is -2.48. The lowest BCUT2D eigenvalue weighted by molar-refractivity contribution is -0.368. The maximum absolute atomic E-state index is 14.6. The molecule has 1 amide bonds. The minimum atomic E-state index is -2.67. The minimum Gasteiger partial charge on any atom is -0.462 e. The maximum atomic E-state index is 14.6. The molecule has 6 heterocycles. The van der Waals surface area contributed by atoms with Gasteiger partial charge < -0.3 is 135 Å². The summed E-state index contributed by atoms with van der Waals surface area (Å²) in [4.78, 5) is 31.0. The van der Waals surface area contributed by atoms with Crippen LogP contribution in [0.4, 0.5) is 0 Å². The number of hydrogen-bond donors (Lipinski definition) is 18. The normalized spacial score (nSPS) is 46.6. The molecule has 0 aromatic carbocycles. The maximum Gasteiger partial charge on any atom is 0.308 e. The molecular formula is C64H103N3O26. The van der Waals surface area contributed by atoms with Crippen molar-refractivity contribution >= 4 is 11.9 Å². The Balaban J connectivity index is 1.26. The molecule has 0 aliphatic carbocycles. The average Bonchev–Trinajstić information content (AvgIpc) is 0.812. The third kappa shape index (κ3) is 22.3. The zero-order valence-electron chi connectivity index (χ0n) is 53.4. The first-order valence-electron chi connectivity index (χ1n) is 32.1. The highest BCUT2D eigenvalue weighted by molar-refractivity contribution is 5.80. The summed E-state index contributed by atoms with van der Waals surface area (Å²) in [7, 11) is 1.89. The molecule has 6 rings (SSSR count). The number of aliphatic hydroxyl groups excluding tert-OH is 15. The number of amides is 1. The molecule has 0 spiro atoms. The number of carbonyl (C=O) groups excluding carboxylic acids is 2. The van der Waals surface area contributed by atoms with Crippen molar-refractivity contribution < 1.29 is 130 Å². The molecule has 530 valence electrons. The van der Waals surface area contributed by atoms with Crippen LogP contribution in [0.5, 0.6) is 0 Å². The molecule has 5 saturated heterocycles. The van der Waals surface area contributed by atoms with E-state index in [0.29, 0.717) is 13.1 Å². The Morgan fingerprint density at radius 3 is 1.84 bits per heavy atom. The Hall–Kier alpha value is -3.88. The Morgan fingerprint density at radius 2 is 1.22 bits per heavy atom. The fourth-order valence-corrected chi connectivity index (χ4v) is 12.2. The second-order valence-corrected chi connectivity index (χ2v) is 25.7. The van der Waals surface area contributed by atoms with Gasteiger partial charge in [0.1, 0.15) is 54.9 Å². The number of esters is 1. The van der Waals surface area contributed by atoms with E-state index in [1.807, 2.05) is 18.9 Å². The molecular weight excluding hydrogens is 1230 g/mol. The summed E-state index contributed by atoms with van der Waals surface area (Å²) in [6.07, 6.45) is -13.2. The number of cyclic esters (lactones) is 1. The first-order chi connectivity index (χ1) is 44.0. The van der Waals surface area contributed by atoms with Crippen LogP contribution in [0.3, 0.4) is 0 Å². The third-order valence-corrected chi connectivity index (χ3v) is 18.2. The molecule has 93 heavy (non-hydrogen) atoms. The van der Waals surface area contributed by atoms with Gasteiger partial charge in [-0.3, -0.25) is 9.59 Å². The third-order valence-electron chi connectivity index (χ3n) is 18.2. The van der Waals surface area contributed by atoms with Crippen LogP contribution in [0, 0.1) is 17.8 Å². The van der Waals surface area contributed by atoms with Gasteiger partial charge in [-0.25, -0.2) is 0 Å². The number of rotatable bonds is 9. The molecule has 6 aliphatic heterocycles. The summed E-state index contributed by atoms with van der Waals surface area (Å²) < 4.78 is 40.9. The Bertz CT molecular complexity index is 2500. The van der Waals surface area contributed by atoms with Crippen LogP contribution in [0.25, 0.3) is 0 Å². The first kappa shape index (κ1) is 78.1. The number of nitrogens with one attached hydrogen (secondary N) is 1. The summed E-state index contributed by atoms with van der Waals surface area (Å²) >= 11 is 0. The molecule has 29 heteroatoms. The fourth-order valence-electron chi connectivity index (χ4n) is 12.2. The number of piperazine rings is 1. The van der Waals surface area contributed by atoms with Crippen molar-refractivity contribution in [3.05, 3.63) is 85.1 Å². The number of hydrogen-bond acceptors (Lipinski definition) is 28. The van der Waals surface area contributed by atoms with Gasteiger partial charge in [-0.2, -0.15) is 0 Å². The summed E-state index contributed by atoms with van der Waals surface area (Å²) in [5.74, 6) is -8.52. The van der Waals surface area contributed by atoms with Crippen molar-refractivity contribution in [3.8, 4) is 0 Å². The predicted molar refractivity (Wildman–Crippen MR) is 329 cm³/mol. The van der Waals surface area contributed by atoms with Gasteiger partial charge in [0.25, 0.3) is 0 Å². The number of ether oxygens (including phenoxy) is 7. The summed E-state index contributed by atoms with van der Waals surface area (Å²) in [5, 5.41) is 191. The summed E-state index contributed by atoms with van der Waals surface area (Å²) in [6, 6.07) is -1.46. The van der Waals surface area contributed by atoms with Gasteiger partial charge in [-0.1, -0.05) is 98.9 Å². The molecule has 3 unspecified atom stereocenters. The quantitative estimate of drug-likeness (QED) is 0.0971. The van der Waals surface area contributed by atoms with Crippen LogP contribution in [0.2, 0.25) is 0 Å². The van der Waals surface area contributed by atoms with Crippen molar-refractivity contribution in [3.63, 3.8) is 0 Å². The molecule has 18 N–H and O–H groups in total. The van der Waals surface area contributed by atoms with E-state index >= 15 is 0 Å². The van der Waals surface area contributed by atoms with E-state index in [0.717, 1.165) is 0 Å². The van der Waals surface area contributed by atoms with Crippen LogP contribution >= 0.6 is 0 Å². The molecule has 29 nitrogen and oxygen atoms in total. The molecule has 6 aliphatic rings. The number of nitrogens with zero attached hydrogens (tertiary/aromatic N) is 2. The smallest absolute Gasteiger partial charge is 0.308 e. The lowest BCUT2D eigenvalue weighted by Crippen LogP contribution is -2.70. The highest BCUT2D eigenvalue weighted by Gasteiger charge is 2.56. The summed E-state index contributed by atoms with van der Waals surface area (Å²) in [5.41, 5.74) is 0. The van der Waals surface area contributed by atoms with E-state index in [2.05, 4.69) is 5.32 Å². The first-order valence-corrected chi connectivity index (χ1v) is 32.1. The fraction of sp³-hybridized carbons (Fsp3) is 0.750. The number of carbonyl (C=O) groups is 2. The molecule has 0 aromatic heterocycles. The molecule has 0 saturated carbocycles. The lowest BCUT2D eigenvalue weighted by atomic mass is 9.81. The van der Waals surface area contributed by atoms with Crippen LogP contribution in [0.15, 0.2) is 85.1 Å². The minimum absolute atomic E-state index is 0.148. The summed E-state index contributed by atoms with van der Waals surface area (Å²) in [6.45, 7) is 5.89. The van der Waals surface area contributed by atoms with Gasteiger partial charge in [0.15, 0.2) is 18.4 Å². The van der Waals surface area contributed by atoms with E-state index < -0.39 is 221 Å². The standard InChI is InChI=1S/C64H103N3O26/c1-35-18-16-14-12-10-8-6-7-9-11-13-15-17-19-42(90-61-55(80)51(53(78)38(4)89-61)65-34-64(86)59(83)58(46(75)33-87-64)92-62-57(82)56(81)54(79)48(32-68)91-62)29-47-50(60(84)67-24-22-66(5)23-25-67)45(74)31-63(85,93-47)30-41(71)27-44(73)43(72)21-20-39(69)26-40(70)28-49(76)88-37(3)36(2)52(35)77/h6-19,35-48,50-59,61-62,65,68-75,77-83,85-86H,20-34H2,1-5H3/b7-6+,10-8+,11-9+,14-12+,15-13+,18-16+,19-17+/t35-,36?,37-,38+,39+,40+,41-,42-,43+,44+,45-,46+,47?,48+,50?,51-,52+,53+,54-,55-,56-,57+,58+,59-,61-,62-,63+,64+/m0/s1. The highest BCUT2D eigenvalue weighted by Crippen LogP contribution is 2.40. The van der Waals surface area contributed by atoms with E-state index in [4.69, 9.17) is 33.2 Å². The number of aliphatic hydroxyl groups is 17. The molecule has 0 radical (unpaired) electrons. The van der Waals surface area contributed by atoms with E-state index in [1.165, 1.54) is 13.0 Å². The van der Waals surface area contributed by atoms with Crippen molar-refractivity contribution in [2.24, 2.45) is 17.8 Å². The molecule has 0 aromatic rings. The van der Waals surface area contributed by atoms with Gasteiger partial charge in [0.2, 0.25) is 11.7 Å². The van der Waals surface area contributed by atoms with Crippen LogP contribution in [0.1, 0.15) is 79.1 Å². The van der Waals surface area contributed by atoms with Crippen molar-refractivity contribution in [2.45, 2.75) is 231 Å². The van der Waals surface area contributed by atoms with Gasteiger partial charge >= 0.3 is 5.97 Å². The monoisotopic (exact) mass is 1330 g/mol. The van der Waals surface area contributed by atoms with Crippen molar-refractivity contribution in [1.29, 1.82) is 0 Å². The van der Waals surface area contributed by atoms with E-state index in [1.54, 1.807) is 97.7 Å². The zero-order chi connectivity index (χ0) is 68.5. The molecule has 2 bridgehead atoms. The van der Waals surface area contributed by atoms with E-state index in [-0.39, 0.29) is 44.7 Å². The SMILES string of the molecule is CC1[C@H](C)OC(=O)C[C@H](O)C[C@H](O)CC[C@@H](O)[C@H](O)C[C@H](O)C[C@]2(O)C[C@H](O)C(C(=O)N3CCN(C)CC3)C(C[C@@H](O[C@@H]3O[C@H](C)[C@@H](O)[C@H](NC[C@@]4(O)OC[C@@H](O)[C@@H](O[C@@H]5O[C@H](CO)[C@H](O)[C@H](O)[C@H]5O)[C@@H]4O)[C@@H]3O)/C=C/C=C/C=C/C=C/C=C/C=C/C=C/[C@H](C)[C@H]1O)O2. The predicted octanol–water partition coefficient (Wildman–Crippen LogP) is -4.34. The topological polar surface area (TPSA) is 461 Å². The van der Waals surface area contributed by atoms with Crippen LogP contribution in [-0.4, -0.2) is 314 Å². The molecule has 5 fully saturated rings. The van der Waals surface area contributed by atoms with Crippen molar-refractivity contribution in [1.82, 2.24) is 15.1 Å². The Morgan fingerprint density at radius 1 is 0.613 bits per heavy atom. The average molecular weight is 1330 g/mol. The largest absolute Gasteiger partial charge is 0.462 e. The van der Waals surface area contributed by atoms with Crippen LogP contribution < -0.4 is 5.32 Å².